The lowest BCUT2D eigenvalue weighted by molar-refractivity contribution is -0.862. The molecule has 0 unspecified atom stereocenters. The van der Waals surface area contributed by atoms with Gasteiger partial charge >= 0.3 is 0 Å². The molecular weight excluding hydrogens is 604 g/mol. The number of likely N-dealkylation sites (N-methyl/N-ethyl adjacent to an activating group) is 1. The molecule has 3 amide bonds. The van der Waals surface area contributed by atoms with Gasteiger partial charge in [0.15, 0.2) is 30.5 Å². The molecule has 1 aliphatic carbocycles. The number of halogens is 2. The number of quaternary nitrogens is 1. The summed E-state index contributed by atoms with van der Waals surface area (Å²) in [4.78, 5) is 50.3. The molecule has 0 atom stereocenters. The fourth-order valence-corrected chi connectivity index (χ4v) is 4.83. The Balaban J connectivity index is 0.00000185. The molecule has 0 bridgehead atoms. The monoisotopic (exact) mass is 639 g/mol. The largest absolute Gasteiger partial charge is 0.554 e. The minimum Gasteiger partial charge on any atom is -0.554 e. The Kier molecular flexibility index (Phi) is 11.5. The van der Waals surface area contributed by atoms with Crippen LogP contribution in [0, 0.1) is 29.9 Å². The number of carbonyl (C=O) groups is 4. The molecule has 3 aromatic rings. The number of aryl methyl sites for hydroxylation is 1. The molecule has 1 heterocycles. The van der Waals surface area contributed by atoms with Crippen molar-refractivity contribution < 1.29 is 42.3 Å². The molecule has 244 valence electrons. The minimum absolute atomic E-state index is 0.0180. The van der Waals surface area contributed by atoms with Crippen molar-refractivity contribution >= 4 is 29.9 Å². The summed E-state index contributed by atoms with van der Waals surface area (Å²) in [7, 11) is 7.33. The number of ether oxygens (including phenoxy) is 1. The third-order valence-corrected chi connectivity index (χ3v) is 6.99. The number of benzene rings is 2. The van der Waals surface area contributed by atoms with Crippen LogP contribution in [0.25, 0.3) is 11.3 Å². The van der Waals surface area contributed by atoms with Gasteiger partial charge in [-0.25, -0.2) is 9.37 Å². The van der Waals surface area contributed by atoms with Crippen LogP contribution in [-0.2, 0) is 16.6 Å². The van der Waals surface area contributed by atoms with E-state index in [1.807, 2.05) is 21.1 Å². The van der Waals surface area contributed by atoms with Crippen LogP contribution in [-0.4, -0.2) is 84.6 Å². The Hall–Kier alpha value is -5.36. The zero-order chi connectivity index (χ0) is 34.2. The molecule has 46 heavy (non-hydrogen) atoms. The number of nitrogens with one attached hydrogen (secondary N) is 3. The zero-order valence-electron chi connectivity index (χ0n) is 26.0. The summed E-state index contributed by atoms with van der Waals surface area (Å²) in [5.41, 5.74) is 1.53. The molecule has 2 aromatic carbocycles. The normalized spacial score (nSPS) is 15.3. The van der Waals surface area contributed by atoms with E-state index in [0.717, 1.165) is 0 Å². The van der Waals surface area contributed by atoms with Gasteiger partial charge < -0.3 is 39.6 Å². The fraction of sp³-hybridized carbons (Fsp3) is 0.355. The van der Waals surface area contributed by atoms with E-state index in [9.17, 15) is 23.2 Å². The maximum Gasteiger partial charge on any atom is 0.291 e. The smallest absolute Gasteiger partial charge is 0.291 e. The number of aromatic nitrogens is 2. The lowest BCUT2D eigenvalue weighted by Crippen LogP contribution is -2.56. The number of rotatable bonds is 10. The van der Waals surface area contributed by atoms with Crippen molar-refractivity contribution in [2.75, 3.05) is 39.6 Å². The standard InChI is InChI=1S/C30H33F2N7O4.CH2O2/c1-17-12-18(6-7-21(17)29(41)37-20-13-19(14-20)35-25(40)16-39(3,4)5)36-30(42)28-34-15-23(38(28)2)22-8-9-24(43-11-10-33)27(32)26(22)31;2-1-3/h6-9,12,15,19-20H,11,13-14,16H2,1-5H3,(H2-,35,36,37,40,41,42);1H,(H,2,3). The predicted molar refractivity (Wildman–Crippen MR) is 160 cm³/mol. The first-order chi connectivity index (χ1) is 21.7. The van der Waals surface area contributed by atoms with Gasteiger partial charge in [0.1, 0.15) is 6.07 Å². The van der Waals surface area contributed by atoms with Crippen LogP contribution in [0.2, 0.25) is 0 Å². The average Bonchev–Trinajstić information content (AvgIpc) is 3.33. The van der Waals surface area contributed by atoms with Gasteiger partial charge in [0.05, 0.1) is 33.0 Å². The topological polar surface area (TPSA) is 178 Å². The van der Waals surface area contributed by atoms with Crippen molar-refractivity contribution in [1.82, 2.24) is 20.2 Å². The quantitative estimate of drug-likeness (QED) is 0.219. The van der Waals surface area contributed by atoms with Crippen LogP contribution in [0.15, 0.2) is 36.5 Å². The Morgan fingerprint density at radius 3 is 2.37 bits per heavy atom. The van der Waals surface area contributed by atoms with E-state index in [-0.39, 0.29) is 41.0 Å². The Morgan fingerprint density at radius 2 is 1.76 bits per heavy atom. The Morgan fingerprint density at radius 1 is 1.11 bits per heavy atom. The highest BCUT2D eigenvalue weighted by molar-refractivity contribution is 6.03. The summed E-state index contributed by atoms with van der Waals surface area (Å²) in [5.74, 6) is -3.75. The lowest BCUT2D eigenvalue weighted by atomic mass is 9.86. The molecule has 3 N–H and O–H groups in total. The first-order valence-electron chi connectivity index (χ1n) is 14.1. The van der Waals surface area contributed by atoms with Crippen molar-refractivity contribution in [1.29, 1.82) is 5.26 Å². The van der Waals surface area contributed by atoms with Crippen LogP contribution in [0.1, 0.15) is 39.4 Å². The molecule has 13 nitrogen and oxygen atoms in total. The third-order valence-electron chi connectivity index (χ3n) is 6.99. The number of hydrogen-bond donors (Lipinski definition) is 3. The van der Waals surface area contributed by atoms with Crippen LogP contribution in [0.3, 0.4) is 0 Å². The molecule has 15 heteroatoms. The van der Waals surface area contributed by atoms with Crippen LogP contribution in [0.5, 0.6) is 5.75 Å². The van der Waals surface area contributed by atoms with Gasteiger partial charge in [-0.3, -0.25) is 14.4 Å². The molecule has 1 aromatic heterocycles. The third kappa shape index (κ3) is 8.85. The van der Waals surface area contributed by atoms with Crippen LogP contribution in [0.4, 0.5) is 14.5 Å². The van der Waals surface area contributed by atoms with E-state index >= 15 is 0 Å². The van der Waals surface area contributed by atoms with Gasteiger partial charge in [-0.1, -0.05) is 0 Å². The number of hydrogen-bond acceptors (Lipinski definition) is 8. The summed E-state index contributed by atoms with van der Waals surface area (Å²) in [6.45, 7) is 1.19. The summed E-state index contributed by atoms with van der Waals surface area (Å²) < 4.78 is 35.9. The van der Waals surface area contributed by atoms with Crippen molar-refractivity contribution in [3.05, 3.63) is 65.1 Å². The van der Waals surface area contributed by atoms with E-state index in [0.29, 0.717) is 40.7 Å². The Bertz CT molecular complexity index is 1660. The number of carboxylic acid groups (broad SMARTS) is 1. The number of anilines is 1. The molecule has 4 rings (SSSR count). The maximum atomic E-state index is 14.8. The molecule has 0 spiro atoms. The van der Waals surface area contributed by atoms with Crippen molar-refractivity contribution in [3.8, 4) is 23.1 Å². The van der Waals surface area contributed by atoms with E-state index in [2.05, 4.69) is 20.9 Å². The summed E-state index contributed by atoms with van der Waals surface area (Å²) >= 11 is 0. The first kappa shape index (κ1) is 35.1. The number of nitrogens with zero attached hydrogens (tertiary/aromatic N) is 4. The maximum absolute atomic E-state index is 14.8. The molecule has 1 fully saturated rings. The number of carbonyl (C=O) groups excluding carboxylic acids is 4. The molecular formula is C31H35F2N7O6. The van der Waals surface area contributed by atoms with Gasteiger partial charge in [0, 0.05) is 42.4 Å². The van der Waals surface area contributed by atoms with E-state index in [1.165, 1.54) is 29.9 Å². The highest BCUT2D eigenvalue weighted by Crippen LogP contribution is 2.30. The van der Waals surface area contributed by atoms with Gasteiger partial charge in [0.2, 0.25) is 5.82 Å². The highest BCUT2D eigenvalue weighted by Gasteiger charge is 2.32. The second kappa shape index (κ2) is 15.1. The lowest BCUT2D eigenvalue weighted by Gasteiger charge is -2.37. The number of amides is 3. The number of nitriles is 1. The fourth-order valence-electron chi connectivity index (χ4n) is 4.83. The average molecular weight is 640 g/mol. The van der Waals surface area contributed by atoms with E-state index in [1.54, 1.807) is 31.2 Å². The van der Waals surface area contributed by atoms with E-state index in [4.69, 9.17) is 19.9 Å². The first-order valence-corrected chi connectivity index (χ1v) is 14.1. The molecule has 0 saturated heterocycles. The predicted octanol–water partition coefficient (Wildman–Crippen LogP) is 1.28. The van der Waals surface area contributed by atoms with Gasteiger partial charge in [-0.15, -0.1) is 0 Å². The summed E-state index contributed by atoms with van der Waals surface area (Å²) in [6.07, 6.45) is 2.56. The summed E-state index contributed by atoms with van der Waals surface area (Å²) in [6, 6.07) is 9.01. The van der Waals surface area contributed by atoms with Gasteiger partial charge in [-0.05, 0) is 55.7 Å². The van der Waals surface area contributed by atoms with Gasteiger partial charge in [-0.2, -0.15) is 9.65 Å². The van der Waals surface area contributed by atoms with Crippen molar-refractivity contribution in [2.45, 2.75) is 31.8 Å². The second-order valence-corrected chi connectivity index (χ2v) is 11.6. The molecule has 1 aliphatic rings. The minimum atomic E-state index is -1.25. The Labute approximate surface area is 264 Å². The highest BCUT2D eigenvalue weighted by atomic mass is 19.2. The van der Waals surface area contributed by atoms with Gasteiger partial charge in [0.25, 0.3) is 17.7 Å². The second-order valence-electron chi connectivity index (χ2n) is 11.6. The molecule has 1 saturated carbocycles. The van der Waals surface area contributed by atoms with Crippen LogP contribution < -0.4 is 25.8 Å². The zero-order valence-corrected chi connectivity index (χ0v) is 26.0. The molecule has 0 radical (unpaired) electrons. The van der Waals surface area contributed by atoms with E-state index < -0.39 is 36.4 Å². The SMILES string of the molecule is Cc1cc(NC(=O)c2ncc(-c3ccc(OCC#N)c(F)c3F)n2C)ccc1C(=O)NC1CC(NC(=O)C[N+](C)(C)C)C1.O=C[O-]. The summed E-state index contributed by atoms with van der Waals surface area (Å²) in [5, 5.41) is 25.5. The van der Waals surface area contributed by atoms with Crippen molar-refractivity contribution in [2.24, 2.45) is 7.05 Å². The number of imidazole rings is 1. The molecule has 0 aliphatic heterocycles. The van der Waals surface area contributed by atoms with Crippen LogP contribution >= 0.6 is 0 Å². The van der Waals surface area contributed by atoms with Crippen molar-refractivity contribution in [3.63, 3.8) is 0 Å².